The van der Waals surface area contributed by atoms with Crippen LogP contribution in [0.5, 0.6) is 5.75 Å². The highest BCUT2D eigenvalue weighted by molar-refractivity contribution is 5.78. The second-order valence-corrected chi connectivity index (χ2v) is 5.13. The number of ether oxygens (including phenoxy) is 1. The molecule has 21 heavy (non-hydrogen) atoms. The monoisotopic (exact) mass is 291 g/mol. The lowest BCUT2D eigenvalue weighted by Crippen LogP contribution is -2.46. The number of carbonyl (C=O) groups excluding carboxylic acids is 2. The number of methoxy groups -OCH3 is 1. The topological polar surface area (TPSA) is 84.7 Å². The van der Waals surface area contributed by atoms with Gasteiger partial charge in [0, 0.05) is 31.1 Å². The van der Waals surface area contributed by atoms with Gasteiger partial charge in [0.2, 0.25) is 5.91 Å². The normalized spacial score (nSPS) is 15.6. The zero-order valence-corrected chi connectivity index (χ0v) is 12.2. The van der Waals surface area contributed by atoms with E-state index in [1.807, 2.05) is 24.3 Å². The first-order valence-electron chi connectivity index (χ1n) is 7.05. The van der Waals surface area contributed by atoms with E-state index in [2.05, 4.69) is 5.32 Å². The van der Waals surface area contributed by atoms with Crippen molar-refractivity contribution in [3.05, 3.63) is 29.8 Å². The number of amides is 3. The van der Waals surface area contributed by atoms with Gasteiger partial charge in [0.1, 0.15) is 5.75 Å². The van der Waals surface area contributed by atoms with Crippen LogP contribution in [0.3, 0.4) is 0 Å². The molecule has 1 fully saturated rings. The van der Waals surface area contributed by atoms with Gasteiger partial charge in [0.15, 0.2) is 0 Å². The summed E-state index contributed by atoms with van der Waals surface area (Å²) in [5.41, 5.74) is 6.21. The Morgan fingerprint density at radius 3 is 2.62 bits per heavy atom. The van der Waals surface area contributed by atoms with Crippen molar-refractivity contribution in [2.75, 3.05) is 20.2 Å². The molecule has 1 aliphatic rings. The molecule has 0 aliphatic carbocycles. The standard InChI is InChI=1S/C15H21N3O3/c1-21-13-5-3-2-4-12(13)10-17-15(20)18-8-6-11(7-9-18)14(16)19/h2-5,11H,6-10H2,1H3,(H2,16,19)(H,17,20). The van der Waals surface area contributed by atoms with E-state index in [1.165, 1.54) is 0 Å². The van der Waals surface area contributed by atoms with E-state index in [0.717, 1.165) is 11.3 Å². The average Bonchev–Trinajstić information content (AvgIpc) is 2.52. The minimum atomic E-state index is -0.274. The molecule has 1 aromatic carbocycles. The predicted octanol–water partition coefficient (Wildman–Crippen LogP) is 1.10. The highest BCUT2D eigenvalue weighted by Gasteiger charge is 2.25. The van der Waals surface area contributed by atoms with Crippen LogP contribution in [0, 0.1) is 5.92 Å². The zero-order valence-electron chi connectivity index (χ0n) is 12.2. The van der Waals surface area contributed by atoms with Crippen molar-refractivity contribution in [1.82, 2.24) is 10.2 Å². The molecular weight excluding hydrogens is 270 g/mol. The van der Waals surface area contributed by atoms with E-state index in [9.17, 15) is 9.59 Å². The Morgan fingerprint density at radius 2 is 2.00 bits per heavy atom. The minimum Gasteiger partial charge on any atom is -0.496 e. The van der Waals surface area contributed by atoms with Crippen molar-refractivity contribution >= 4 is 11.9 Å². The smallest absolute Gasteiger partial charge is 0.317 e. The number of nitrogens with zero attached hydrogens (tertiary/aromatic N) is 1. The molecule has 0 radical (unpaired) electrons. The number of likely N-dealkylation sites (tertiary alicyclic amines) is 1. The number of piperidine rings is 1. The van der Waals surface area contributed by atoms with E-state index in [1.54, 1.807) is 12.0 Å². The quantitative estimate of drug-likeness (QED) is 0.871. The SMILES string of the molecule is COc1ccccc1CNC(=O)N1CCC(C(N)=O)CC1. The highest BCUT2D eigenvalue weighted by Crippen LogP contribution is 2.18. The first-order valence-corrected chi connectivity index (χ1v) is 7.05. The fourth-order valence-corrected chi connectivity index (χ4v) is 2.50. The van der Waals surface area contributed by atoms with Crippen LogP contribution in [0.15, 0.2) is 24.3 Å². The lowest BCUT2D eigenvalue weighted by Gasteiger charge is -2.30. The van der Waals surface area contributed by atoms with Gasteiger partial charge < -0.3 is 20.7 Å². The molecule has 0 saturated carbocycles. The summed E-state index contributed by atoms with van der Waals surface area (Å²) < 4.78 is 5.25. The van der Waals surface area contributed by atoms with Gasteiger partial charge in [0.05, 0.1) is 7.11 Å². The van der Waals surface area contributed by atoms with Crippen LogP contribution >= 0.6 is 0 Å². The maximum Gasteiger partial charge on any atom is 0.317 e. The van der Waals surface area contributed by atoms with Gasteiger partial charge >= 0.3 is 6.03 Å². The second kappa shape index (κ2) is 6.97. The fraction of sp³-hybridized carbons (Fsp3) is 0.467. The maximum absolute atomic E-state index is 12.1. The average molecular weight is 291 g/mol. The molecule has 2 rings (SSSR count). The van der Waals surface area contributed by atoms with E-state index >= 15 is 0 Å². The Labute approximate surface area is 124 Å². The molecule has 0 spiro atoms. The van der Waals surface area contributed by atoms with Crippen LogP contribution in [-0.4, -0.2) is 37.0 Å². The molecule has 114 valence electrons. The van der Waals surface area contributed by atoms with E-state index in [-0.39, 0.29) is 17.9 Å². The lowest BCUT2D eigenvalue weighted by molar-refractivity contribution is -0.123. The summed E-state index contributed by atoms with van der Waals surface area (Å²) in [4.78, 5) is 24.9. The fourth-order valence-electron chi connectivity index (χ4n) is 2.50. The van der Waals surface area contributed by atoms with Gasteiger partial charge in [-0.1, -0.05) is 18.2 Å². The molecule has 6 nitrogen and oxygen atoms in total. The summed E-state index contributed by atoms with van der Waals surface area (Å²) in [6, 6.07) is 7.45. The molecule has 1 heterocycles. The second-order valence-electron chi connectivity index (χ2n) is 5.13. The van der Waals surface area contributed by atoms with Crippen LogP contribution in [0.2, 0.25) is 0 Å². The van der Waals surface area contributed by atoms with E-state index in [4.69, 9.17) is 10.5 Å². The first kappa shape index (κ1) is 15.2. The third kappa shape index (κ3) is 3.87. The number of nitrogens with two attached hydrogens (primary N) is 1. The number of urea groups is 1. The van der Waals surface area contributed by atoms with Crippen molar-refractivity contribution in [1.29, 1.82) is 0 Å². The number of hydrogen-bond acceptors (Lipinski definition) is 3. The molecule has 6 heteroatoms. The first-order chi connectivity index (χ1) is 10.1. The molecule has 1 aromatic rings. The van der Waals surface area contributed by atoms with Crippen LogP contribution in [0.25, 0.3) is 0 Å². The van der Waals surface area contributed by atoms with Gasteiger partial charge in [-0.25, -0.2) is 4.79 Å². The zero-order chi connectivity index (χ0) is 15.2. The molecule has 3 N–H and O–H groups in total. The molecule has 1 saturated heterocycles. The van der Waals surface area contributed by atoms with Gasteiger partial charge in [-0.3, -0.25) is 4.79 Å². The van der Waals surface area contributed by atoms with Crippen molar-refractivity contribution in [3.63, 3.8) is 0 Å². The highest BCUT2D eigenvalue weighted by atomic mass is 16.5. The summed E-state index contributed by atoms with van der Waals surface area (Å²) in [5.74, 6) is 0.373. The molecule has 1 aliphatic heterocycles. The number of nitrogens with one attached hydrogen (secondary N) is 1. The van der Waals surface area contributed by atoms with Crippen LogP contribution in [0.4, 0.5) is 4.79 Å². The van der Waals surface area contributed by atoms with Crippen LogP contribution in [-0.2, 0) is 11.3 Å². The van der Waals surface area contributed by atoms with Crippen molar-refractivity contribution in [3.8, 4) is 5.75 Å². The van der Waals surface area contributed by atoms with Gasteiger partial charge in [-0.15, -0.1) is 0 Å². The number of rotatable bonds is 4. The molecular formula is C15H21N3O3. The van der Waals surface area contributed by atoms with Crippen molar-refractivity contribution < 1.29 is 14.3 Å². The van der Waals surface area contributed by atoms with E-state index < -0.39 is 0 Å². The molecule has 0 bridgehead atoms. The number of primary amides is 1. The van der Waals surface area contributed by atoms with Crippen molar-refractivity contribution in [2.24, 2.45) is 11.7 Å². The summed E-state index contributed by atoms with van der Waals surface area (Å²) >= 11 is 0. The number of para-hydroxylation sites is 1. The summed E-state index contributed by atoms with van der Waals surface area (Å²) in [6.07, 6.45) is 1.27. The maximum atomic E-state index is 12.1. The molecule has 0 aromatic heterocycles. The number of benzene rings is 1. The molecule has 0 atom stereocenters. The molecule has 0 unspecified atom stereocenters. The van der Waals surface area contributed by atoms with Gasteiger partial charge in [-0.05, 0) is 18.9 Å². The molecule has 3 amide bonds. The van der Waals surface area contributed by atoms with E-state index in [0.29, 0.717) is 32.5 Å². The third-order valence-corrected chi connectivity index (χ3v) is 3.81. The summed E-state index contributed by atoms with van der Waals surface area (Å²) in [6.45, 7) is 1.54. The largest absolute Gasteiger partial charge is 0.496 e. The van der Waals surface area contributed by atoms with Crippen LogP contribution in [0.1, 0.15) is 18.4 Å². The summed E-state index contributed by atoms with van der Waals surface area (Å²) in [5, 5.41) is 2.88. The Hall–Kier alpha value is -2.24. The Bertz CT molecular complexity index is 511. The number of carbonyl (C=O) groups is 2. The Balaban J connectivity index is 1.84. The van der Waals surface area contributed by atoms with Crippen LogP contribution < -0.4 is 15.8 Å². The Morgan fingerprint density at radius 1 is 1.33 bits per heavy atom. The third-order valence-electron chi connectivity index (χ3n) is 3.81. The van der Waals surface area contributed by atoms with Gasteiger partial charge in [-0.2, -0.15) is 0 Å². The minimum absolute atomic E-state index is 0.108. The predicted molar refractivity (Wildman–Crippen MR) is 78.7 cm³/mol. The van der Waals surface area contributed by atoms with Crippen molar-refractivity contribution in [2.45, 2.75) is 19.4 Å². The Kier molecular flexibility index (Phi) is 5.03. The summed E-state index contributed by atoms with van der Waals surface area (Å²) in [7, 11) is 1.61. The van der Waals surface area contributed by atoms with Gasteiger partial charge in [0.25, 0.3) is 0 Å². The lowest BCUT2D eigenvalue weighted by atomic mass is 9.96. The number of hydrogen-bond donors (Lipinski definition) is 2.